The highest BCUT2D eigenvalue weighted by molar-refractivity contribution is 5.82. The molecule has 0 aliphatic rings. The van der Waals surface area contributed by atoms with E-state index in [4.69, 9.17) is 5.73 Å². The molecule has 2 N–H and O–H groups in total. The van der Waals surface area contributed by atoms with Crippen LogP contribution in [0.1, 0.15) is 26.7 Å². The van der Waals surface area contributed by atoms with Crippen LogP contribution in [-0.4, -0.2) is 43.0 Å². The molecule has 0 rings (SSSR count). The maximum atomic E-state index is 11.6. The zero-order valence-corrected chi connectivity index (χ0v) is 9.66. The van der Waals surface area contributed by atoms with Gasteiger partial charge in [0.05, 0.1) is 7.11 Å². The van der Waals surface area contributed by atoms with Crippen molar-refractivity contribution in [2.24, 2.45) is 5.73 Å². The van der Waals surface area contributed by atoms with E-state index in [9.17, 15) is 9.59 Å². The molecular formula is C10H20N2O3. The quantitative estimate of drug-likeness (QED) is 0.641. The summed E-state index contributed by atoms with van der Waals surface area (Å²) in [6.07, 6.45) is 1.07. The van der Waals surface area contributed by atoms with Crippen molar-refractivity contribution in [1.82, 2.24) is 4.90 Å². The lowest BCUT2D eigenvalue weighted by Gasteiger charge is -2.21. The second kappa shape index (κ2) is 7.23. The second-order valence-corrected chi connectivity index (χ2v) is 3.57. The highest BCUT2D eigenvalue weighted by Crippen LogP contribution is 1.99. The zero-order valence-electron chi connectivity index (χ0n) is 9.66. The maximum Gasteiger partial charge on any atom is 0.325 e. The smallest absolute Gasteiger partial charge is 0.325 e. The topological polar surface area (TPSA) is 72.6 Å². The Hall–Kier alpha value is -1.10. The van der Waals surface area contributed by atoms with E-state index >= 15 is 0 Å². The molecule has 0 heterocycles. The van der Waals surface area contributed by atoms with Crippen molar-refractivity contribution in [3.8, 4) is 0 Å². The largest absolute Gasteiger partial charge is 0.468 e. The molecule has 1 amide bonds. The summed E-state index contributed by atoms with van der Waals surface area (Å²) in [5, 5.41) is 0. The normalized spacial score (nSPS) is 12.0. The lowest BCUT2D eigenvalue weighted by Crippen LogP contribution is -2.39. The van der Waals surface area contributed by atoms with Gasteiger partial charge >= 0.3 is 5.97 Å². The summed E-state index contributed by atoms with van der Waals surface area (Å²) in [5.41, 5.74) is 5.53. The number of hydrogen-bond acceptors (Lipinski definition) is 4. The average molecular weight is 216 g/mol. The van der Waals surface area contributed by atoms with Crippen LogP contribution >= 0.6 is 0 Å². The minimum absolute atomic E-state index is 0.00981. The summed E-state index contributed by atoms with van der Waals surface area (Å²) < 4.78 is 4.52. The molecule has 0 fully saturated rings. The number of carbonyl (C=O) groups is 2. The number of nitrogens with two attached hydrogens (primary N) is 1. The van der Waals surface area contributed by atoms with Gasteiger partial charge in [0.1, 0.15) is 6.54 Å². The van der Waals surface area contributed by atoms with Crippen LogP contribution in [0.3, 0.4) is 0 Å². The molecule has 0 aliphatic heterocycles. The number of rotatable bonds is 6. The van der Waals surface area contributed by atoms with Crippen molar-refractivity contribution in [2.75, 3.05) is 20.2 Å². The fourth-order valence-corrected chi connectivity index (χ4v) is 1.19. The molecule has 0 aliphatic carbocycles. The first-order chi connectivity index (χ1) is 7.01. The lowest BCUT2D eigenvalue weighted by atomic mass is 10.2. The predicted molar refractivity (Wildman–Crippen MR) is 57.2 cm³/mol. The summed E-state index contributed by atoms with van der Waals surface area (Å²) in [6, 6.07) is -0.186. The fraction of sp³-hybridized carbons (Fsp3) is 0.800. The van der Waals surface area contributed by atoms with Crippen LogP contribution < -0.4 is 5.73 Å². The van der Waals surface area contributed by atoms with Crippen LogP contribution in [-0.2, 0) is 14.3 Å². The Balaban J connectivity index is 4.24. The number of carbonyl (C=O) groups excluding carboxylic acids is 2. The molecule has 0 saturated heterocycles. The van der Waals surface area contributed by atoms with Crippen molar-refractivity contribution >= 4 is 11.9 Å². The van der Waals surface area contributed by atoms with Crippen LogP contribution in [0.4, 0.5) is 0 Å². The van der Waals surface area contributed by atoms with Crippen molar-refractivity contribution < 1.29 is 14.3 Å². The van der Waals surface area contributed by atoms with E-state index in [0.717, 1.165) is 6.42 Å². The maximum absolute atomic E-state index is 11.6. The first kappa shape index (κ1) is 13.9. The summed E-state index contributed by atoms with van der Waals surface area (Å²) in [6.45, 7) is 4.28. The van der Waals surface area contributed by atoms with Gasteiger partial charge in [-0.3, -0.25) is 9.59 Å². The van der Waals surface area contributed by atoms with Gasteiger partial charge in [-0.25, -0.2) is 0 Å². The summed E-state index contributed by atoms with van der Waals surface area (Å²) in [4.78, 5) is 24.2. The average Bonchev–Trinajstić information content (AvgIpc) is 2.15. The molecule has 0 saturated carbocycles. The summed E-state index contributed by atoms with van der Waals surface area (Å²) >= 11 is 0. The molecule has 5 heteroatoms. The molecule has 0 spiro atoms. The van der Waals surface area contributed by atoms with Gasteiger partial charge in [0.15, 0.2) is 0 Å². The predicted octanol–water partition coefficient (Wildman–Crippen LogP) is 0.135. The van der Waals surface area contributed by atoms with Crippen molar-refractivity contribution in [2.45, 2.75) is 32.7 Å². The Bertz CT molecular complexity index is 217. The van der Waals surface area contributed by atoms with Gasteiger partial charge in [-0.05, 0) is 13.3 Å². The highest BCUT2D eigenvalue weighted by Gasteiger charge is 2.17. The highest BCUT2D eigenvalue weighted by atomic mass is 16.5. The number of ether oxygens (including phenoxy) is 1. The number of nitrogens with zero attached hydrogens (tertiary/aromatic N) is 1. The van der Waals surface area contributed by atoms with E-state index in [0.29, 0.717) is 6.54 Å². The van der Waals surface area contributed by atoms with Gasteiger partial charge in [0.25, 0.3) is 0 Å². The molecule has 0 aromatic rings. The van der Waals surface area contributed by atoms with Crippen molar-refractivity contribution in [1.29, 1.82) is 0 Å². The number of amides is 1. The van der Waals surface area contributed by atoms with E-state index in [1.165, 1.54) is 12.0 Å². The Morgan fingerprint density at radius 2 is 2.07 bits per heavy atom. The van der Waals surface area contributed by atoms with Gasteiger partial charge in [0, 0.05) is 19.0 Å². The van der Waals surface area contributed by atoms with E-state index in [1.54, 1.807) is 6.92 Å². The Morgan fingerprint density at radius 1 is 1.47 bits per heavy atom. The van der Waals surface area contributed by atoms with Gasteiger partial charge in [-0.1, -0.05) is 6.92 Å². The first-order valence-electron chi connectivity index (χ1n) is 5.11. The SMILES string of the molecule is CCCN(CC(=O)OC)C(=O)CC(C)N. The molecule has 15 heavy (non-hydrogen) atoms. The lowest BCUT2D eigenvalue weighted by molar-refractivity contribution is -0.147. The monoisotopic (exact) mass is 216 g/mol. The van der Waals surface area contributed by atoms with Crippen LogP contribution in [0.2, 0.25) is 0 Å². The van der Waals surface area contributed by atoms with E-state index in [-0.39, 0.29) is 24.9 Å². The van der Waals surface area contributed by atoms with Crippen LogP contribution in [0.5, 0.6) is 0 Å². The van der Waals surface area contributed by atoms with Gasteiger partial charge in [0.2, 0.25) is 5.91 Å². The van der Waals surface area contributed by atoms with E-state index < -0.39 is 5.97 Å². The zero-order chi connectivity index (χ0) is 11.8. The van der Waals surface area contributed by atoms with Gasteiger partial charge in [-0.15, -0.1) is 0 Å². The number of methoxy groups -OCH3 is 1. The molecule has 0 aromatic heterocycles. The molecule has 0 bridgehead atoms. The number of esters is 1. The van der Waals surface area contributed by atoms with Crippen LogP contribution in [0.25, 0.3) is 0 Å². The molecule has 5 nitrogen and oxygen atoms in total. The standard InChI is InChI=1S/C10H20N2O3/c1-4-5-12(7-10(14)15-3)9(13)6-8(2)11/h8H,4-7,11H2,1-3H3. The minimum Gasteiger partial charge on any atom is -0.468 e. The minimum atomic E-state index is -0.401. The second-order valence-electron chi connectivity index (χ2n) is 3.57. The van der Waals surface area contributed by atoms with Gasteiger partial charge in [-0.2, -0.15) is 0 Å². The molecule has 0 aromatic carbocycles. The van der Waals surface area contributed by atoms with E-state index in [2.05, 4.69) is 4.74 Å². The third-order valence-electron chi connectivity index (χ3n) is 1.89. The van der Waals surface area contributed by atoms with E-state index in [1.807, 2.05) is 6.92 Å². The molecular weight excluding hydrogens is 196 g/mol. The van der Waals surface area contributed by atoms with Gasteiger partial charge < -0.3 is 15.4 Å². The Morgan fingerprint density at radius 3 is 2.47 bits per heavy atom. The summed E-state index contributed by atoms with van der Waals surface area (Å²) in [7, 11) is 1.31. The molecule has 1 unspecified atom stereocenters. The Kier molecular flexibility index (Phi) is 6.70. The first-order valence-corrected chi connectivity index (χ1v) is 5.11. The third-order valence-corrected chi connectivity index (χ3v) is 1.89. The fourth-order valence-electron chi connectivity index (χ4n) is 1.19. The van der Waals surface area contributed by atoms with Crippen molar-refractivity contribution in [3.63, 3.8) is 0 Å². The van der Waals surface area contributed by atoms with Crippen molar-refractivity contribution in [3.05, 3.63) is 0 Å². The Labute approximate surface area is 90.6 Å². The third kappa shape index (κ3) is 6.06. The number of hydrogen-bond donors (Lipinski definition) is 1. The molecule has 1 atom stereocenters. The summed E-state index contributed by atoms with van der Waals surface area (Å²) in [5.74, 6) is -0.501. The molecule has 88 valence electrons. The molecule has 0 radical (unpaired) electrons. The van der Waals surface area contributed by atoms with Crippen LogP contribution in [0.15, 0.2) is 0 Å². The van der Waals surface area contributed by atoms with Crippen LogP contribution in [0, 0.1) is 0 Å².